The summed E-state index contributed by atoms with van der Waals surface area (Å²) in [5, 5.41) is 2.83. The monoisotopic (exact) mass is 410 g/mol. The first-order valence-electron chi connectivity index (χ1n) is 9.15. The van der Waals surface area contributed by atoms with Crippen LogP contribution in [0.25, 0.3) is 0 Å². The Bertz CT molecular complexity index is 1160. The Morgan fingerprint density at radius 1 is 1.03 bits per heavy atom. The van der Waals surface area contributed by atoms with Crippen molar-refractivity contribution in [2.45, 2.75) is 24.3 Å². The summed E-state index contributed by atoms with van der Waals surface area (Å²) >= 11 is 0. The lowest BCUT2D eigenvalue weighted by Crippen LogP contribution is -2.35. The van der Waals surface area contributed by atoms with Crippen molar-refractivity contribution < 1.29 is 17.6 Å². The van der Waals surface area contributed by atoms with E-state index in [0.717, 1.165) is 17.7 Å². The largest absolute Gasteiger partial charge is 0.322 e. The number of hydrogen-bond acceptors (Lipinski definition) is 3. The molecule has 1 aliphatic heterocycles. The maximum atomic E-state index is 13.2. The van der Waals surface area contributed by atoms with Crippen LogP contribution in [0.15, 0.2) is 77.7 Å². The molecule has 5 nitrogen and oxygen atoms in total. The molecule has 29 heavy (non-hydrogen) atoms. The lowest BCUT2D eigenvalue weighted by molar-refractivity contribution is 0.102. The van der Waals surface area contributed by atoms with Crippen LogP contribution in [-0.4, -0.2) is 20.4 Å². The predicted octanol–water partition coefficient (Wildman–Crippen LogP) is 4.22. The number of carbonyl (C=O) groups is 1. The van der Waals surface area contributed by atoms with Crippen LogP contribution < -0.4 is 9.62 Å². The number of anilines is 2. The summed E-state index contributed by atoms with van der Waals surface area (Å²) in [7, 11) is -3.83. The minimum atomic E-state index is -3.83. The molecule has 0 aliphatic carbocycles. The van der Waals surface area contributed by atoms with Crippen molar-refractivity contribution in [2.24, 2.45) is 0 Å². The van der Waals surface area contributed by atoms with Gasteiger partial charge in [-0.15, -0.1) is 0 Å². The van der Waals surface area contributed by atoms with Crippen LogP contribution in [0, 0.1) is 5.82 Å². The maximum absolute atomic E-state index is 13.2. The van der Waals surface area contributed by atoms with Gasteiger partial charge in [-0.1, -0.05) is 18.2 Å². The number of rotatable bonds is 4. The highest BCUT2D eigenvalue weighted by molar-refractivity contribution is 7.92. The fraction of sp³-hybridized carbons (Fsp3) is 0.136. The minimum Gasteiger partial charge on any atom is -0.322 e. The Balaban J connectivity index is 1.64. The molecule has 0 saturated carbocycles. The maximum Gasteiger partial charge on any atom is 0.264 e. The van der Waals surface area contributed by atoms with Crippen molar-refractivity contribution in [3.63, 3.8) is 0 Å². The Hall–Kier alpha value is -3.19. The van der Waals surface area contributed by atoms with Gasteiger partial charge >= 0.3 is 0 Å². The zero-order valence-electron chi connectivity index (χ0n) is 15.7. The summed E-state index contributed by atoms with van der Waals surface area (Å²) in [6, 6.07) is 18.6. The molecule has 0 radical (unpaired) electrons. The summed E-state index contributed by atoms with van der Waals surface area (Å²) in [5.74, 6) is -0.751. The number of fused-ring (bicyclic) bond motifs is 1. The summed E-state index contributed by atoms with van der Waals surface area (Å²) in [4.78, 5) is 12.6. The van der Waals surface area contributed by atoms with Gasteiger partial charge in [0.15, 0.2) is 0 Å². The van der Waals surface area contributed by atoms with Crippen molar-refractivity contribution >= 4 is 27.3 Å². The SMILES string of the molecule is C[C@H]1Cc2cc(C(=O)Nc3ccccc3)ccc2N1S(=O)(=O)c1ccc(F)cc1. The molecule has 0 bridgehead atoms. The number of amides is 1. The smallest absolute Gasteiger partial charge is 0.264 e. The van der Waals surface area contributed by atoms with Crippen LogP contribution in [0.3, 0.4) is 0 Å². The third-order valence-corrected chi connectivity index (χ3v) is 6.84. The van der Waals surface area contributed by atoms with Gasteiger partial charge in [0.25, 0.3) is 15.9 Å². The second-order valence-corrected chi connectivity index (χ2v) is 8.79. The van der Waals surface area contributed by atoms with E-state index in [9.17, 15) is 17.6 Å². The Kier molecular flexibility index (Phi) is 4.84. The van der Waals surface area contributed by atoms with Crippen LogP contribution in [0.2, 0.25) is 0 Å². The fourth-order valence-electron chi connectivity index (χ4n) is 3.56. The molecule has 4 rings (SSSR count). The van der Waals surface area contributed by atoms with E-state index in [2.05, 4.69) is 5.32 Å². The molecule has 3 aromatic rings. The Morgan fingerprint density at radius 3 is 2.41 bits per heavy atom. The summed E-state index contributed by atoms with van der Waals surface area (Å²) in [6.07, 6.45) is 0.488. The molecular formula is C22H19FN2O3S. The van der Waals surface area contributed by atoms with E-state index >= 15 is 0 Å². The van der Waals surface area contributed by atoms with Gasteiger partial charge in [-0.3, -0.25) is 9.10 Å². The van der Waals surface area contributed by atoms with E-state index in [1.807, 2.05) is 25.1 Å². The molecule has 148 valence electrons. The first kappa shape index (κ1) is 19.1. The number of nitrogens with one attached hydrogen (secondary N) is 1. The number of hydrogen-bond donors (Lipinski definition) is 1. The number of para-hydroxylation sites is 1. The van der Waals surface area contributed by atoms with Gasteiger partial charge in [0.05, 0.1) is 10.6 Å². The van der Waals surface area contributed by atoms with Gasteiger partial charge in [-0.25, -0.2) is 12.8 Å². The van der Waals surface area contributed by atoms with E-state index in [1.165, 1.54) is 16.4 Å². The number of sulfonamides is 1. The summed E-state index contributed by atoms with van der Waals surface area (Å²) < 4.78 is 40.7. The zero-order chi connectivity index (χ0) is 20.6. The molecule has 7 heteroatoms. The third kappa shape index (κ3) is 3.61. The molecule has 0 fully saturated rings. The van der Waals surface area contributed by atoms with Crippen LogP contribution in [0.5, 0.6) is 0 Å². The lowest BCUT2D eigenvalue weighted by atomic mass is 10.1. The molecule has 1 amide bonds. The fourth-order valence-corrected chi connectivity index (χ4v) is 5.25. The molecule has 1 heterocycles. The van der Waals surface area contributed by atoms with E-state index in [4.69, 9.17) is 0 Å². The van der Waals surface area contributed by atoms with Gasteiger partial charge in [-0.05, 0) is 73.5 Å². The van der Waals surface area contributed by atoms with Crippen molar-refractivity contribution in [3.05, 3.63) is 89.7 Å². The van der Waals surface area contributed by atoms with Gasteiger partial charge < -0.3 is 5.32 Å². The second kappa shape index (κ2) is 7.33. The number of halogens is 1. The first-order chi connectivity index (χ1) is 13.9. The van der Waals surface area contributed by atoms with E-state index in [0.29, 0.717) is 23.4 Å². The number of carbonyl (C=O) groups excluding carboxylic acids is 1. The summed E-state index contributed by atoms with van der Waals surface area (Å²) in [6.45, 7) is 1.81. The molecule has 1 N–H and O–H groups in total. The van der Waals surface area contributed by atoms with Crippen LogP contribution in [-0.2, 0) is 16.4 Å². The topological polar surface area (TPSA) is 66.5 Å². The molecule has 3 aromatic carbocycles. The van der Waals surface area contributed by atoms with Gasteiger partial charge in [0.2, 0.25) is 0 Å². The number of benzene rings is 3. The standard InChI is InChI=1S/C22H19FN2O3S/c1-15-13-17-14-16(22(26)24-19-5-3-2-4-6-19)7-12-21(17)25(15)29(27,28)20-10-8-18(23)9-11-20/h2-12,14-15H,13H2,1H3,(H,24,26)/t15-/m0/s1. The van der Waals surface area contributed by atoms with Crippen LogP contribution in [0.1, 0.15) is 22.8 Å². The average molecular weight is 410 g/mol. The van der Waals surface area contributed by atoms with Gasteiger partial charge in [0.1, 0.15) is 5.82 Å². The zero-order valence-corrected chi connectivity index (χ0v) is 16.5. The molecule has 1 atom stereocenters. The van der Waals surface area contributed by atoms with Crippen LogP contribution in [0.4, 0.5) is 15.8 Å². The second-order valence-electron chi connectivity index (χ2n) is 6.97. The van der Waals surface area contributed by atoms with Crippen molar-refractivity contribution in [2.75, 3.05) is 9.62 Å². The highest BCUT2D eigenvalue weighted by Crippen LogP contribution is 2.37. The Labute approximate surface area is 168 Å². The van der Waals surface area contributed by atoms with Crippen molar-refractivity contribution in [3.8, 4) is 0 Å². The average Bonchev–Trinajstić information content (AvgIpc) is 3.04. The van der Waals surface area contributed by atoms with Gasteiger partial charge in [-0.2, -0.15) is 0 Å². The predicted molar refractivity (Wildman–Crippen MR) is 110 cm³/mol. The first-order valence-corrected chi connectivity index (χ1v) is 10.6. The molecule has 1 aliphatic rings. The molecular weight excluding hydrogens is 391 g/mol. The highest BCUT2D eigenvalue weighted by Gasteiger charge is 2.36. The minimum absolute atomic E-state index is 0.0319. The summed E-state index contributed by atoms with van der Waals surface area (Å²) in [5.41, 5.74) is 2.47. The molecule has 0 saturated heterocycles. The normalized spacial score (nSPS) is 15.8. The van der Waals surface area contributed by atoms with E-state index in [1.54, 1.807) is 30.3 Å². The molecule has 0 aromatic heterocycles. The highest BCUT2D eigenvalue weighted by atomic mass is 32.2. The quantitative estimate of drug-likeness (QED) is 0.700. The van der Waals surface area contributed by atoms with Gasteiger partial charge in [0, 0.05) is 17.3 Å². The number of nitrogens with zero attached hydrogens (tertiary/aromatic N) is 1. The van der Waals surface area contributed by atoms with Crippen LogP contribution >= 0.6 is 0 Å². The van der Waals surface area contributed by atoms with E-state index in [-0.39, 0.29) is 16.8 Å². The van der Waals surface area contributed by atoms with Crippen molar-refractivity contribution in [1.29, 1.82) is 0 Å². The van der Waals surface area contributed by atoms with E-state index < -0.39 is 15.8 Å². The van der Waals surface area contributed by atoms with Crippen molar-refractivity contribution in [1.82, 2.24) is 0 Å². The molecule has 0 unspecified atom stereocenters. The lowest BCUT2D eigenvalue weighted by Gasteiger charge is -2.24. The third-order valence-electron chi connectivity index (χ3n) is 4.90. The molecule has 0 spiro atoms. The Morgan fingerprint density at radius 2 is 1.72 bits per heavy atom.